The monoisotopic (exact) mass is 365 g/mol. The molecule has 0 aliphatic carbocycles. The van der Waals surface area contributed by atoms with Gasteiger partial charge in [-0.2, -0.15) is 5.10 Å². The summed E-state index contributed by atoms with van der Waals surface area (Å²) in [6.45, 7) is 4.52. The highest BCUT2D eigenvalue weighted by Gasteiger charge is 2.15. The fourth-order valence-corrected chi connectivity index (χ4v) is 2.91. The predicted octanol–water partition coefficient (Wildman–Crippen LogP) is 2.64. The topological polar surface area (TPSA) is 80.1 Å². The van der Waals surface area contributed by atoms with E-state index in [0.29, 0.717) is 17.7 Å². The van der Waals surface area contributed by atoms with Gasteiger partial charge in [0, 0.05) is 43.8 Å². The van der Waals surface area contributed by atoms with Crippen LogP contribution in [0.15, 0.2) is 42.7 Å². The van der Waals surface area contributed by atoms with Crippen LogP contribution in [0.3, 0.4) is 0 Å². The fraction of sp³-hybridized carbons (Fsp3) is 0.300. The quantitative estimate of drug-likeness (QED) is 0.754. The van der Waals surface area contributed by atoms with Crippen molar-refractivity contribution in [2.75, 3.05) is 14.1 Å². The summed E-state index contributed by atoms with van der Waals surface area (Å²) in [5.74, 6) is -0.246. The van der Waals surface area contributed by atoms with E-state index in [1.807, 2.05) is 36.7 Å². The van der Waals surface area contributed by atoms with E-state index in [9.17, 15) is 9.59 Å². The van der Waals surface area contributed by atoms with Crippen molar-refractivity contribution in [2.24, 2.45) is 0 Å². The van der Waals surface area contributed by atoms with Crippen LogP contribution in [0.2, 0.25) is 0 Å². The van der Waals surface area contributed by atoms with E-state index in [1.165, 1.54) is 0 Å². The number of amides is 2. The van der Waals surface area contributed by atoms with Gasteiger partial charge in [-0.05, 0) is 37.6 Å². The molecule has 0 spiro atoms. The first-order chi connectivity index (χ1) is 12.9. The van der Waals surface area contributed by atoms with Crippen LogP contribution < -0.4 is 5.32 Å². The van der Waals surface area contributed by atoms with Crippen molar-refractivity contribution in [3.05, 3.63) is 59.4 Å². The van der Waals surface area contributed by atoms with Crippen molar-refractivity contribution in [1.29, 1.82) is 0 Å². The molecule has 0 atom stereocenters. The second-order valence-electron chi connectivity index (χ2n) is 6.76. The van der Waals surface area contributed by atoms with Gasteiger partial charge in [0.1, 0.15) is 0 Å². The number of aromatic nitrogens is 3. The zero-order chi connectivity index (χ0) is 19.6. The summed E-state index contributed by atoms with van der Waals surface area (Å²) in [5.41, 5.74) is 2.83. The summed E-state index contributed by atoms with van der Waals surface area (Å²) >= 11 is 0. The molecule has 1 N–H and O–H groups in total. The number of benzene rings is 1. The van der Waals surface area contributed by atoms with Crippen molar-refractivity contribution in [3.63, 3.8) is 0 Å². The third kappa shape index (κ3) is 3.81. The molecule has 7 nitrogen and oxygen atoms in total. The Bertz CT molecular complexity index is 976. The van der Waals surface area contributed by atoms with Crippen molar-refractivity contribution in [2.45, 2.75) is 26.4 Å². The molecule has 1 aromatic carbocycles. The van der Waals surface area contributed by atoms with E-state index in [2.05, 4.69) is 15.4 Å². The summed E-state index contributed by atoms with van der Waals surface area (Å²) < 4.78 is 1.83. The van der Waals surface area contributed by atoms with Crippen LogP contribution in [0.25, 0.3) is 11.0 Å². The van der Waals surface area contributed by atoms with Crippen molar-refractivity contribution < 1.29 is 9.59 Å². The zero-order valence-electron chi connectivity index (χ0n) is 15.9. The van der Waals surface area contributed by atoms with Crippen LogP contribution >= 0.6 is 0 Å². The largest absolute Gasteiger partial charge is 0.355 e. The molecule has 7 heteroatoms. The molecule has 0 radical (unpaired) electrons. The summed E-state index contributed by atoms with van der Waals surface area (Å²) in [6.07, 6.45) is 3.33. The minimum atomic E-state index is -0.132. The first-order valence-corrected chi connectivity index (χ1v) is 8.80. The second-order valence-corrected chi connectivity index (χ2v) is 6.76. The van der Waals surface area contributed by atoms with Gasteiger partial charge in [-0.25, -0.2) is 9.67 Å². The Morgan fingerprint density at radius 3 is 2.48 bits per heavy atom. The molecule has 2 heterocycles. The molecule has 0 unspecified atom stereocenters. The standard InChI is InChI=1S/C20H23N5O2/c1-13(2)25-18-16(11-23-25)9-17(10-22-18)20(27)24(4)12-14-5-7-15(8-6-14)19(26)21-3/h5-11,13H,12H2,1-4H3,(H,21,26). The Balaban J connectivity index is 1.75. The molecule has 2 aromatic heterocycles. The van der Waals surface area contributed by atoms with Crippen LogP contribution in [0, 0.1) is 0 Å². The molecule has 0 saturated heterocycles. The Morgan fingerprint density at radius 2 is 1.85 bits per heavy atom. The third-order valence-electron chi connectivity index (χ3n) is 4.38. The predicted molar refractivity (Wildman–Crippen MR) is 104 cm³/mol. The van der Waals surface area contributed by atoms with E-state index in [4.69, 9.17) is 0 Å². The van der Waals surface area contributed by atoms with E-state index in [-0.39, 0.29) is 17.9 Å². The van der Waals surface area contributed by atoms with Crippen LogP contribution in [-0.4, -0.2) is 45.6 Å². The lowest BCUT2D eigenvalue weighted by atomic mass is 10.1. The van der Waals surface area contributed by atoms with E-state index in [0.717, 1.165) is 16.6 Å². The fourth-order valence-electron chi connectivity index (χ4n) is 2.91. The molecule has 0 bridgehead atoms. The highest BCUT2D eigenvalue weighted by molar-refractivity contribution is 5.96. The number of fused-ring (bicyclic) bond motifs is 1. The van der Waals surface area contributed by atoms with Crippen LogP contribution in [0.5, 0.6) is 0 Å². The number of nitrogens with zero attached hydrogens (tertiary/aromatic N) is 4. The maximum Gasteiger partial charge on any atom is 0.255 e. The third-order valence-corrected chi connectivity index (χ3v) is 4.38. The van der Waals surface area contributed by atoms with Crippen LogP contribution in [-0.2, 0) is 6.54 Å². The molecule has 27 heavy (non-hydrogen) atoms. The Kier molecular flexibility index (Phi) is 5.21. The first-order valence-electron chi connectivity index (χ1n) is 8.80. The molecular formula is C20H23N5O2. The minimum Gasteiger partial charge on any atom is -0.355 e. The zero-order valence-corrected chi connectivity index (χ0v) is 15.9. The molecule has 3 rings (SSSR count). The normalized spacial score (nSPS) is 11.0. The van der Waals surface area contributed by atoms with Gasteiger partial charge < -0.3 is 10.2 Å². The number of carbonyl (C=O) groups excluding carboxylic acids is 2. The van der Waals surface area contributed by atoms with Gasteiger partial charge in [0.2, 0.25) is 0 Å². The SMILES string of the molecule is CNC(=O)c1ccc(CN(C)C(=O)c2cnc3c(cnn3C(C)C)c2)cc1. The van der Waals surface area contributed by atoms with Gasteiger partial charge in [0.25, 0.3) is 11.8 Å². The molecule has 3 aromatic rings. The number of nitrogens with one attached hydrogen (secondary N) is 1. The maximum absolute atomic E-state index is 12.7. The van der Waals surface area contributed by atoms with Gasteiger partial charge in [-0.15, -0.1) is 0 Å². The van der Waals surface area contributed by atoms with Gasteiger partial charge in [0.05, 0.1) is 11.8 Å². The number of hydrogen-bond donors (Lipinski definition) is 1. The number of carbonyl (C=O) groups is 2. The Labute approximate surface area is 158 Å². The summed E-state index contributed by atoms with van der Waals surface area (Å²) in [6, 6.07) is 9.23. The van der Waals surface area contributed by atoms with Gasteiger partial charge in [-0.1, -0.05) is 12.1 Å². The van der Waals surface area contributed by atoms with Gasteiger partial charge in [0.15, 0.2) is 5.65 Å². The van der Waals surface area contributed by atoms with Crippen molar-refractivity contribution >= 4 is 22.8 Å². The molecule has 0 fully saturated rings. The molecule has 140 valence electrons. The first kappa shape index (κ1) is 18.6. The van der Waals surface area contributed by atoms with Gasteiger partial charge in [-0.3, -0.25) is 9.59 Å². The summed E-state index contributed by atoms with van der Waals surface area (Å²) in [7, 11) is 3.34. The summed E-state index contributed by atoms with van der Waals surface area (Å²) in [5, 5.41) is 7.77. The van der Waals surface area contributed by atoms with E-state index >= 15 is 0 Å². The van der Waals surface area contributed by atoms with Gasteiger partial charge >= 0.3 is 0 Å². The van der Waals surface area contributed by atoms with Crippen molar-refractivity contribution in [3.8, 4) is 0 Å². The molecule has 0 saturated carbocycles. The lowest BCUT2D eigenvalue weighted by Crippen LogP contribution is -2.26. The average Bonchev–Trinajstić information content (AvgIpc) is 3.10. The second kappa shape index (κ2) is 7.57. The van der Waals surface area contributed by atoms with Crippen molar-refractivity contribution in [1.82, 2.24) is 25.0 Å². The lowest BCUT2D eigenvalue weighted by Gasteiger charge is -2.17. The Morgan fingerprint density at radius 1 is 1.15 bits per heavy atom. The summed E-state index contributed by atoms with van der Waals surface area (Å²) in [4.78, 5) is 30.4. The average molecular weight is 365 g/mol. The Hall–Kier alpha value is -3.22. The molecule has 2 amide bonds. The number of pyridine rings is 1. The molecule has 0 aliphatic heterocycles. The minimum absolute atomic E-state index is 0.114. The molecular weight excluding hydrogens is 342 g/mol. The smallest absolute Gasteiger partial charge is 0.255 e. The van der Waals surface area contributed by atoms with E-state index in [1.54, 1.807) is 43.5 Å². The van der Waals surface area contributed by atoms with E-state index < -0.39 is 0 Å². The van der Waals surface area contributed by atoms with Crippen LogP contribution in [0.1, 0.15) is 46.2 Å². The highest BCUT2D eigenvalue weighted by Crippen LogP contribution is 2.18. The number of hydrogen-bond acceptors (Lipinski definition) is 4. The lowest BCUT2D eigenvalue weighted by molar-refractivity contribution is 0.0784. The highest BCUT2D eigenvalue weighted by atomic mass is 16.2. The van der Waals surface area contributed by atoms with Crippen LogP contribution in [0.4, 0.5) is 0 Å². The number of rotatable bonds is 5. The maximum atomic E-state index is 12.7. The molecule has 0 aliphatic rings.